The molecule has 0 aromatic heterocycles. The van der Waals surface area contributed by atoms with Crippen molar-refractivity contribution in [2.24, 2.45) is 0 Å². The fourth-order valence-corrected chi connectivity index (χ4v) is 3.18. The molecule has 0 spiro atoms. The molecule has 1 aliphatic heterocycles. The van der Waals surface area contributed by atoms with Crippen LogP contribution in [-0.4, -0.2) is 67.2 Å². The third-order valence-corrected chi connectivity index (χ3v) is 4.36. The number of methoxy groups -OCH3 is 1. The molecule has 0 aliphatic carbocycles. The zero-order chi connectivity index (χ0) is 20.0. The molecule has 0 radical (unpaired) electrons. The molecular formula is C20H31N3O4. The van der Waals surface area contributed by atoms with E-state index < -0.39 is 5.60 Å². The Balaban J connectivity index is 2.24. The molecule has 7 heteroatoms. The van der Waals surface area contributed by atoms with Gasteiger partial charge < -0.3 is 19.7 Å². The fraction of sp³-hybridized carbons (Fsp3) is 0.600. The van der Waals surface area contributed by atoms with Crippen molar-refractivity contribution >= 4 is 12.0 Å². The lowest BCUT2D eigenvalue weighted by Gasteiger charge is -2.41. The van der Waals surface area contributed by atoms with Crippen molar-refractivity contribution in [1.29, 1.82) is 0 Å². The van der Waals surface area contributed by atoms with E-state index in [1.54, 1.807) is 12.0 Å². The Morgan fingerprint density at radius 2 is 1.93 bits per heavy atom. The Hall–Kier alpha value is -2.28. The molecule has 0 unspecified atom stereocenters. The van der Waals surface area contributed by atoms with Crippen molar-refractivity contribution in [2.75, 3.05) is 39.8 Å². The maximum absolute atomic E-state index is 12.6. The van der Waals surface area contributed by atoms with E-state index in [1.165, 1.54) is 0 Å². The predicted octanol–water partition coefficient (Wildman–Crippen LogP) is 2.43. The first kappa shape index (κ1) is 21.0. The standard InChI is InChI=1S/C20H31N3O4/c1-6-21-18(24)14-22-11-12-23(19(25)27-20(2,3)4)13-16(22)15-9-7-8-10-17(15)26-5/h7-10,16H,6,11-14H2,1-5H3,(H,21,24)/t16-/m1/s1. The zero-order valence-corrected chi connectivity index (χ0v) is 16.9. The number of rotatable bonds is 5. The van der Waals surface area contributed by atoms with Crippen LogP contribution in [0.25, 0.3) is 0 Å². The summed E-state index contributed by atoms with van der Waals surface area (Å²) in [5.74, 6) is 0.720. The lowest BCUT2D eigenvalue weighted by atomic mass is 10.0. The number of piperazine rings is 1. The Morgan fingerprint density at radius 3 is 2.56 bits per heavy atom. The summed E-state index contributed by atoms with van der Waals surface area (Å²) in [6, 6.07) is 7.57. The number of nitrogens with zero attached hydrogens (tertiary/aromatic N) is 2. The zero-order valence-electron chi connectivity index (χ0n) is 16.9. The van der Waals surface area contributed by atoms with Gasteiger partial charge in [-0.3, -0.25) is 9.69 Å². The second-order valence-corrected chi connectivity index (χ2v) is 7.61. The Kier molecular flexibility index (Phi) is 7.07. The van der Waals surface area contributed by atoms with Gasteiger partial charge in [-0.05, 0) is 33.8 Å². The van der Waals surface area contributed by atoms with E-state index in [0.717, 1.165) is 11.3 Å². The second kappa shape index (κ2) is 9.08. The predicted molar refractivity (Wildman–Crippen MR) is 104 cm³/mol. The average molecular weight is 377 g/mol. The van der Waals surface area contributed by atoms with Gasteiger partial charge >= 0.3 is 6.09 Å². The minimum absolute atomic E-state index is 0.0249. The van der Waals surface area contributed by atoms with Crippen LogP contribution in [0.2, 0.25) is 0 Å². The molecule has 1 N–H and O–H groups in total. The number of likely N-dealkylation sites (N-methyl/N-ethyl adjacent to an activating group) is 1. The normalized spacial score (nSPS) is 18.1. The van der Waals surface area contributed by atoms with Crippen LogP contribution in [0.5, 0.6) is 5.75 Å². The molecule has 0 saturated carbocycles. The molecule has 1 aromatic rings. The van der Waals surface area contributed by atoms with E-state index in [0.29, 0.717) is 26.2 Å². The number of hydrogen-bond donors (Lipinski definition) is 1. The molecular weight excluding hydrogens is 346 g/mol. The molecule has 1 aromatic carbocycles. The largest absolute Gasteiger partial charge is 0.496 e. The summed E-state index contributed by atoms with van der Waals surface area (Å²) in [5.41, 5.74) is 0.410. The number of hydrogen-bond acceptors (Lipinski definition) is 5. The number of benzene rings is 1. The fourth-order valence-electron chi connectivity index (χ4n) is 3.18. The number of carbonyl (C=O) groups is 2. The third-order valence-electron chi connectivity index (χ3n) is 4.36. The highest BCUT2D eigenvalue weighted by atomic mass is 16.6. The molecule has 0 bridgehead atoms. The first-order valence-electron chi connectivity index (χ1n) is 9.36. The summed E-state index contributed by atoms with van der Waals surface area (Å²) in [6.07, 6.45) is -0.333. The maximum Gasteiger partial charge on any atom is 0.410 e. The molecule has 27 heavy (non-hydrogen) atoms. The first-order chi connectivity index (χ1) is 12.7. The van der Waals surface area contributed by atoms with Crippen molar-refractivity contribution < 1.29 is 19.1 Å². The second-order valence-electron chi connectivity index (χ2n) is 7.61. The van der Waals surface area contributed by atoms with Gasteiger partial charge in [-0.1, -0.05) is 18.2 Å². The minimum atomic E-state index is -0.546. The van der Waals surface area contributed by atoms with Gasteiger partial charge in [0, 0.05) is 31.7 Å². The van der Waals surface area contributed by atoms with Crippen molar-refractivity contribution in [3.05, 3.63) is 29.8 Å². The molecule has 2 amide bonds. The highest BCUT2D eigenvalue weighted by molar-refractivity contribution is 5.78. The summed E-state index contributed by atoms with van der Waals surface area (Å²) in [5, 5.41) is 2.84. The van der Waals surface area contributed by atoms with Crippen LogP contribution in [0.4, 0.5) is 4.79 Å². The summed E-state index contributed by atoms with van der Waals surface area (Å²) >= 11 is 0. The van der Waals surface area contributed by atoms with E-state index in [-0.39, 0.29) is 24.6 Å². The van der Waals surface area contributed by atoms with Gasteiger partial charge in [0.2, 0.25) is 5.91 Å². The number of carbonyl (C=O) groups excluding carboxylic acids is 2. The van der Waals surface area contributed by atoms with Gasteiger partial charge in [0.15, 0.2) is 0 Å². The van der Waals surface area contributed by atoms with E-state index >= 15 is 0 Å². The molecule has 1 fully saturated rings. The molecule has 7 nitrogen and oxygen atoms in total. The van der Waals surface area contributed by atoms with Crippen LogP contribution in [0.1, 0.15) is 39.3 Å². The van der Waals surface area contributed by atoms with E-state index in [9.17, 15) is 9.59 Å². The van der Waals surface area contributed by atoms with Gasteiger partial charge in [-0.2, -0.15) is 0 Å². The van der Waals surface area contributed by atoms with Gasteiger partial charge in [0.25, 0.3) is 0 Å². The molecule has 1 heterocycles. The van der Waals surface area contributed by atoms with E-state index in [1.807, 2.05) is 52.0 Å². The van der Waals surface area contributed by atoms with Crippen LogP contribution in [0.3, 0.4) is 0 Å². The van der Waals surface area contributed by atoms with Crippen LogP contribution < -0.4 is 10.1 Å². The van der Waals surface area contributed by atoms with Crippen molar-refractivity contribution in [3.8, 4) is 5.75 Å². The quantitative estimate of drug-likeness (QED) is 0.853. The Bertz CT molecular complexity index is 657. The molecule has 2 rings (SSSR count). The molecule has 1 saturated heterocycles. The van der Waals surface area contributed by atoms with Gasteiger partial charge in [-0.25, -0.2) is 4.79 Å². The summed E-state index contributed by atoms with van der Waals surface area (Å²) in [6.45, 7) is 9.87. The Morgan fingerprint density at radius 1 is 1.22 bits per heavy atom. The molecule has 1 aliphatic rings. The summed E-state index contributed by atoms with van der Waals surface area (Å²) < 4.78 is 11.0. The van der Waals surface area contributed by atoms with Crippen molar-refractivity contribution in [2.45, 2.75) is 39.3 Å². The SMILES string of the molecule is CCNC(=O)CN1CCN(C(=O)OC(C)(C)C)C[C@@H]1c1ccccc1OC. The van der Waals surface area contributed by atoms with Crippen molar-refractivity contribution in [3.63, 3.8) is 0 Å². The van der Waals surface area contributed by atoms with Gasteiger partial charge in [0.1, 0.15) is 11.4 Å². The van der Waals surface area contributed by atoms with Gasteiger partial charge in [0.05, 0.1) is 19.7 Å². The monoisotopic (exact) mass is 377 g/mol. The smallest absolute Gasteiger partial charge is 0.410 e. The highest BCUT2D eigenvalue weighted by Crippen LogP contribution is 2.32. The summed E-state index contributed by atoms with van der Waals surface area (Å²) in [7, 11) is 1.63. The van der Waals surface area contributed by atoms with E-state index in [2.05, 4.69) is 10.2 Å². The highest BCUT2D eigenvalue weighted by Gasteiger charge is 2.34. The van der Waals surface area contributed by atoms with Crippen LogP contribution in [0, 0.1) is 0 Å². The Labute approximate surface area is 161 Å². The third kappa shape index (κ3) is 5.85. The topological polar surface area (TPSA) is 71.1 Å². The lowest BCUT2D eigenvalue weighted by molar-refractivity contribution is -0.123. The lowest BCUT2D eigenvalue weighted by Crippen LogP contribution is -2.53. The number of ether oxygens (including phenoxy) is 2. The van der Waals surface area contributed by atoms with Crippen LogP contribution >= 0.6 is 0 Å². The first-order valence-corrected chi connectivity index (χ1v) is 9.36. The number of para-hydroxylation sites is 1. The number of amides is 2. The van der Waals surface area contributed by atoms with Crippen LogP contribution in [0.15, 0.2) is 24.3 Å². The van der Waals surface area contributed by atoms with Gasteiger partial charge in [-0.15, -0.1) is 0 Å². The van der Waals surface area contributed by atoms with Crippen molar-refractivity contribution in [1.82, 2.24) is 15.1 Å². The maximum atomic E-state index is 12.6. The van der Waals surface area contributed by atoms with E-state index in [4.69, 9.17) is 9.47 Å². The number of nitrogens with one attached hydrogen (secondary N) is 1. The van der Waals surface area contributed by atoms with Crippen LogP contribution in [-0.2, 0) is 9.53 Å². The molecule has 1 atom stereocenters. The minimum Gasteiger partial charge on any atom is -0.496 e. The summed E-state index contributed by atoms with van der Waals surface area (Å²) in [4.78, 5) is 28.5. The molecule has 150 valence electrons. The average Bonchev–Trinajstić information content (AvgIpc) is 2.60.